The van der Waals surface area contributed by atoms with Crippen LogP contribution in [0.2, 0.25) is 0 Å². The predicted molar refractivity (Wildman–Crippen MR) is 149 cm³/mol. The highest BCUT2D eigenvalue weighted by molar-refractivity contribution is 9.13. The molecular weight excluding hydrogens is 684 g/mol. The summed E-state index contributed by atoms with van der Waals surface area (Å²) in [5.41, 5.74) is 6.15. The Morgan fingerprint density at radius 1 is 1.42 bits per heavy atom. The number of carboxylic acids is 1. The number of nitrogens with one attached hydrogen (secondary N) is 1. The summed E-state index contributed by atoms with van der Waals surface area (Å²) >= 11 is 11.1. The van der Waals surface area contributed by atoms with Crippen molar-refractivity contribution < 1.29 is 28.9 Å². The number of aliphatic carboxylic acids is 1. The normalized spacial score (nSPS) is 19.4. The Morgan fingerprint density at radius 3 is 2.89 bits per heavy atom. The summed E-state index contributed by atoms with van der Waals surface area (Å²) in [6, 6.07) is 2.89. The van der Waals surface area contributed by atoms with Gasteiger partial charge in [-0.1, -0.05) is 16.5 Å². The monoisotopic (exact) mass is 700 g/mol. The minimum Gasteiger partial charge on any atom is -0.543 e. The van der Waals surface area contributed by atoms with Gasteiger partial charge in [0.15, 0.2) is 23.6 Å². The fraction of sp³-hybridized carbons (Fsp3) is 0.273. The van der Waals surface area contributed by atoms with Crippen molar-refractivity contribution in [2.24, 2.45) is 5.16 Å². The number of oxime groups is 1. The van der Waals surface area contributed by atoms with Crippen LogP contribution >= 0.6 is 66.3 Å². The highest BCUT2D eigenvalue weighted by Gasteiger charge is 2.53. The highest BCUT2D eigenvalue weighted by atomic mass is 79.9. The third-order valence-electron chi connectivity index (χ3n) is 5.77. The van der Waals surface area contributed by atoms with Crippen molar-refractivity contribution in [2.45, 2.75) is 24.9 Å². The number of aromatic nitrogens is 2. The lowest BCUT2D eigenvalue weighted by Crippen LogP contribution is -2.71. The number of fused-ring (bicyclic) bond motifs is 2. The highest BCUT2D eigenvalue weighted by Crippen LogP contribution is 2.41. The molecule has 0 aliphatic carbocycles. The molecule has 1 unspecified atom stereocenters. The topological polar surface area (TPSA) is 154 Å². The third-order valence-corrected chi connectivity index (χ3v) is 11.3. The van der Waals surface area contributed by atoms with Gasteiger partial charge in [0.2, 0.25) is 0 Å². The minimum absolute atomic E-state index is 0.124. The second kappa shape index (κ2) is 10.9. The van der Waals surface area contributed by atoms with Gasteiger partial charge < -0.3 is 25.8 Å². The van der Waals surface area contributed by atoms with E-state index >= 15 is 0 Å². The van der Waals surface area contributed by atoms with E-state index in [4.69, 9.17) is 10.6 Å². The van der Waals surface area contributed by atoms with Crippen molar-refractivity contribution in [1.82, 2.24) is 15.2 Å². The number of carbonyl (C=O) groups excluding carboxylic acids is 3. The molecule has 3 aromatic heterocycles. The van der Waals surface area contributed by atoms with Gasteiger partial charge in [0.05, 0.1) is 25.3 Å². The van der Waals surface area contributed by atoms with Gasteiger partial charge in [-0.25, -0.2) is 4.98 Å². The van der Waals surface area contributed by atoms with Gasteiger partial charge >= 0.3 is 0 Å². The molecule has 2 aliphatic rings. The molecule has 198 valence electrons. The number of pyridine rings is 1. The van der Waals surface area contributed by atoms with Crippen LogP contribution in [0.15, 0.2) is 48.4 Å². The van der Waals surface area contributed by atoms with Crippen molar-refractivity contribution in [1.29, 1.82) is 0 Å². The number of carboxylic acid groups (broad SMARTS) is 1. The zero-order valence-corrected chi connectivity index (χ0v) is 25.1. The number of thiazole rings is 1. The van der Waals surface area contributed by atoms with Crippen LogP contribution < -0.4 is 20.7 Å². The first-order chi connectivity index (χ1) is 18.2. The summed E-state index contributed by atoms with van der Waals surface area (Å²) in [5.74, 6) is -2.33. The van der Waals surface area contributed by atoms with Crippen LogP contribution in [0.4, 0.5) is 5.13 Å². The van der Waals surface area contributed by atoms with Crippen LogP contribution in [0.5, 0.6) is 0 Å². The molecule has 0 saturated carbocycles. The van der Waals surface area contributed by atoms with Crippen molar-refractivity contribution in [3.05, 3.63) is 48.9 Å². The van der Waals surface area contributed by atoms with Crippen molar-refractivity contribution in [3.63, 3.8) is 0 Å². The SMILES string of the molecule is CCON=C(C(=O)NC1C(=O)N2C(C(=O)[O-])=C(C[n+]3cccc4c(Br)c(Br)sc43)CS[C@@H]12)c1csc(N)n1. The maximum Gasteiger partial charge on any atom is 0.276 e. The molecule has 1 saturated heterocycles. The number of thioether (sulfide) groups is 1. The number of nitrogens with two attached hydrogens (primary N) is 1. The average Bonchev–Trinajstić information content (AvgIpc) is 3.45. The van der Waals surface area contributed by atoms with Gasteiger partial charge in [-0.3, -0.25) is 14.5 Å². The molecule has 2 amide bonds. The summed E-state index contributed by atoms with van der Waals surface area (Å²) in [5, 5.41) is 20.9. The maximum atomic E-state index is 13.1. The molecule has 3 aromatic rings. The van der Waals surface area contributed by atoms with Crippen molar-refractivity contribution in [2.75, 3.05) is 18.1 Å². The van der Waals surface area contributed by atoms with Crippen LogP contribution in [0.25, 0.3) is 10.2 Å². The summed E-state index contributed by atoms with van der Waals surface area (Å²) in [6.07, 6.45) is 1.86. The molecule has 0 spiro atoms. The summed E-state index contributed by atoms with van der Waals surface area (Å²) in [4.78, 5) is 49.6. The van der Waals surface area contributed by atoms with E-state index in [1.807, 2.05) is 22.9 Å². The Labute approximate surface area is 245 Å². The predicted octanol–water partition coefficient (Wildman–Crippen LogP) is 1.60. The zero-order chi connectivity index (χ0) is 27.1. The lowest BCUT2D eigenvalue weighted by molar-refractivity contribution is -0.661. The molecule has 38 heavy (non-hydrogen) atoms. The summed E-state index contributed by atoms with van der Waals surface area (Å²) < 4.78 is 3.78. The van der Waals surface area contributed by atoms with Gasteiger partial charge in [-0.2, -0.15) is 4.57 Å². The molecule has 0 radical (unpaired) electrons. The van der Waals surface area contributed by atoms with E-state index in [2.05, 4.69) is 47.3 Å². The molecule has 5 heterocycles. The number of halogens is 2. The summed E-state index contributed by atoms with van der Waals surface area (Å²) in [6.45, 7) is 2.19. The van der Waals surface area contributed by atoms with E-state index in [9.17, 15) is 19.5 Å². The van der Waals surface area contributed by atoms with E-state index < -0.39 is 29.2 Å². The first kappa shape index (κ1) is 27.1. The van der Waals surface area contributed by atoms with Crippen LogP contribution in [0.1, 0.15) is 12.6 Å². The Morgan fingerprint density at radius 2 is 2.21 bits per heavy atom. The van der Waals surface area contributed by atoms with Crippen LogP contribution in [-0.4, -0.2) is 57.2 Å². The number of amides is 2. The Kier molecular flexibility index (Phi) is 7.77. The number of thiophene rings is 1. The second-order valence-electron chi connectivity index (χ2n) is 8.07. The summed E-state index contributed by atoms with van der Waals surface area (Å²) in [7, 11) is 0. The molecular formula is C22H18Br2N6O5S3. The Hall–Kier alpha value is -2.53. The van der Waals surface area contributed by atoms with E-state index in [0.717, 1.165) is 29.8 Å². The second-order valence-corrected chi connectivity index (χ2v) is 13.2. The Bertz CT molecular complexity index is 1540. The first-order valence-corrected chi connectivity index (χ1v) is 15.4. The fourth-order valence-corrected chi connectivity index (χ4v) is 8.26. The number of rotatable bonds is 8. The van der Waals surface area contributed by atoms with E-state index in [1.54, 1.807) is 12.3 Å². The first-order valence-electron chi connectivity index (χ1n) is 11.1. The molecule has 2 aliphatic heterocycles. The lowest BCUT2D eigenvalue weighted by Gasteiger charge is -2.50. The molecule has 3 N–H and O–H groups in total. The number of hydrogen-bond donors (Lipinski definition) is 2. The minimum atomic E-state index is -1.44. The van der Waals surface area contributed by atoms with E-state index in [1.165, 1.54) is 28.0 Å². The van der Waals surface area contributed by atoms with Crippen LogP contribution in [-0.2, 0) is 25.8 Å². The number of nitrogens with zero attached hydrogens (tertiary/aromatic N) is 4. The third kappa shape index (κ3) is 4.83. The Balaban J connectivity index is 1.39. The van der Waals surface area contributed by atoms with Crippen LogP contribution in [0.3, 0.4) is 0 Å². The standard InChI is InChI=1S/C22H18Br2N6O5S3/c1-2-35-28-13(11-8-37-22(25)26-11)17(31)27-14-18(32)30-15(21(33)34)9(7-36-20(14)30)6-29-5-3-4-10-12(23)16(24)38-19(10)29/h3-5,8,14,20H,2,6-7H2,1H3,(H3-,25,26,27,31,33,34)/t14?,20-/m0/s1. The fourth-order valence-electron chi connectivity index (χ4n) is 4.12. The molecule has 1 fully saturated rings. The number of anilines is 1. The zero-order valence-electron chi connectivity index (χ0n) is 19.5. The largest absolute Gasteiger partial charge is 0.543 e. The van der Waals surface area contributed by atoms with Gasteiger partial charge in [-0.15, -0.1) is 23.1 Å². The van der Waals surface area contributed by atoms with E-state index in [0.29, 0.717) is 11.3 Å². The average molecular weight is 702 g/mol. The number of nitrogen functional groups attached to an aromatic ring is 1. The molecule has 0 aromatic carbocycles. The molecule has 0 bridgehead atoms. The van der Waals surface area contributed by atoms with Crippen LogP contribution in [0, 0.1) is 0 Å². The molecule has 2 atom stereocenters. The molecule has 16 heteroatoms. The number of carbonyl (C=O) groups is 3. The smallest absolute Gasteiger partial charge is 0.276 e. The van der Waals surface area contributed by atoms with Gasteiger partial charge in [0, 0.05) is 22.8 Å². The molecule has 5 rings (SSSR count). The number of hydrogen-bond acceptors (Lipinski definition) is 11. The molecule has 11 nitrogen and oxygen atoms in total. The van der Waals surface area contributed by atoms with Gasteiger partial charge in [-0.05, 0) is 44.8 Å². The lowest BCUT2D eigenvalue weighted by atomic mass is 10.0. The van der Waals surface area contributed by atoms with Gasteiger partial charge in [0.1, 0.15) is 23.7 Å². The van der Waals surface area contributed by atoms with E-state index in [-0.39, 0.29) is 35.4 Å². The van der Waals surface area contributed by atoms with Crippen molar-refractivity contribution >= 4 is 105 Å². The maximum absolute atomic E-state index is 13.1. The number of β-lactam (4-membered cyclic amide) rings is 1. The van der Waals surface area contributed by atoms with Crippen molar-refractivity contribution in [3.8, 4) is 0 Å². The van der Waals surface area contributed by atoms with Gasteiger partial charge in [0.25, 0.3) is 16.6 Å². The quantitative estimate of drug-likeness (QED) is 0.155.